The zero-order valence-electron chi connectivity index (χ0n) is 10.3. The highest BCUT2D eigenvalue weighted by Gasteiger charge is 2.25. The molecular weight excluding hydrogens is 238 g/mol. The number of nitrogens with zero attached hydrogens (tertiary/aromatic N) is 3. The minimum absolute atomic E-state index is 0.123. The molecule has 6 heteroatoms. The van der Waals surface area contributed by atoms with Gasteiger partial charge in [-0.05, 0) is 25.5 Å². The molecule has 2 heterocycles. The molecule has 0 aliphatic rings. The summed E-state index contributed by atoms with van der Waals surface area (Å²) in [7, 11) is -0.488. The molecule has 0 bridgehead atoms. The number of sulfonamides is 1. The number of pyridine rings is 1. The van der Waals surface area contributed by atoms with Crippen molar-refractivity contribution >= 4 is 15.5 Å². The highest BCUT2D eigenvalue weighted by Crippen LogP contribution is 2.22. The van der Waals surface area contributed by atoms with Crippen LogP contribution in [0.2, 0.25) is 0 Å². The van der Waals surface area contributed by atoms with Gasteiger partial charge < -0.3 is 4.40 Å². The summed E-state index contributed by atoms with van der Waals surface area (Å²) in [4.78, 5) is 4.18. The van der Waals surface area contributed by atoms with Crippen LogP contribution in [0.15, 0.2) is 23.4 Å². The fraction of sp³-hybridized carbons (Fsp3) is 0.364. The molecule has 0 aliphatic carbocycles. The van der Waals surface area contributed by atoms with Crippen LogP contribution in [0.3, 0.4) is 0 Å². The van der Waals surface area contributed by atoms with Crippen LogP contribution in [-0.4, -0.2) is 36.2 Å². The third kappa shape index (κ3) is 1.73. The molecule has 0 fully saturated rings. The number of hydrogen-bond donors (Lipinski definition) is 0. The van der Waals surface area contributed by atoms with E-state index in [1.54, 1.807) is 11.3 Å². The second-order valence-corrected chi connectivity index (χ2v) is 6.23. The summed E-state index contributed by atoms with van der Waals surface area (Å²) in [6.07, 6.45) is 1.82. The number of imidazole rings is 1. The Kier molecular flexibility index (Phi) is 2.71. The van der Waals surface area contributed by atoms with Crippen LogP contribution in [0, 0.1) is 13.8 Å². The molecule has 17 heavy (non-hydrogen) atoms. The molecule has 0 saturated heterocycles. The van der Waals surface area contributed by atoms with E-state index in [1.807, 2.05) is 25.3 Å². The van der Waals surface area contributed by atoms with Crippen molar-refractivity contribution in [2.45, 2.75) is 18.9 Å². The Labute approximate surface area is 101 Å². The van der Waals surface area contributed by atoms with Gasteiger partial charge in [0.15, 0.2) is 5.03 Å². The molecule has 0 radical (unpaired) electrons. The van der Waals surface area contributed by atoms with Gasteiger partial charge in [0.2, 0.25) is 0 Å². The van der Waals surface area contributed by atoms with Crippen LogP contribution < -0.4 is 0 Å². The smallest absolute Gasteiger partial charge is 0.262 e. The van der Waals surface area contributed by atoms with Crippen molar-refractivity contribution in [3.8, 4) is 0 Å². The van der Waals surface area contributed by atoms with Gasteiger partial charge in [0.1, 0.15) is 5.82 Å². The average molecular weight is 253 g/mol. The first-order valence-corrected chi connectivity index (χ1v) is 6.66. The maximum atomic E-state index is 12.2. The van der Waals surface area contributed by atoms with Crippen molar-refractivity contribution in [1.29, 1.82) is 0 Å². The lowest BCUT2D eigenvalue weighted by Gasteiger charge is -2.09. The van der Waals surface area contributed by atoms with E-state index < -0.39 is 10.0 Å². The molecule has 0 atom stereocenters. The van der Waals surface area contributed by atoms with Crippen molar-refractivity contribution in [2.75, 3.05) is 14.1 Å². The summed E-state index contributed by atoms with van der Waals surface area (Å²) in [5, 5.41) is 0.123. The SMILES string of the molecule is Cc1cccn2c(C)nc(S(=O)(=O)N(C)C)c12. The third-order valence-electron chi connectivity index (χ3n) is 2.74. The number of rotatable bonds is 2. The molecule has 0 saturated carbocycles. The number of hydrogen-bond acceptors (Lipinski definition) is 3. The summed E-state index contributed by atoms with van der Waals surface area (Å²) >= 11 is 0. The van der Waals surface area contributed by atoms with E-state index in [9.17, 15) is 8.42 Å². The van der Waals surface area contributed by atoms with Gasteiger partial charge in [-0.25, -0.2) is 17.7 Å². The largest absolute Gasteiger partial charge is 0.302 e. The standard InChI is InChI=1S/C11H15N3O2S/c1-8-6-5-7-14-9(2)12-11(10(8)14)17(15,16)13(3)4/h5-7H,1-4H3. The molecule has 0 spiro atoms. The highest BCUT2D eigenvalue weighted by molar-refractivity contribution is 7.89. The molecule has 2 aromatic heterocycles. The molecule has 5 nitrogen and oxygen atoms in total. The number of aromatic nitrogens is 2. The minimum atomic E-state index is -3.50. The van der Waals surface area contributed by atoms with Gasteiger partial charge in [0.05, 0.1) is 5.52 Å². The van der Waals surface area contributed by atoms with Gasteiger partial charge in [-0.15, -0.1) is 0 Å². The van der Waals surface area contributed by atoms with E-state index >= 15 is 0 Å². The Hall–Kier alpha value is -1.40. The second-order valence-electron chi connectivity index (χ2n) is 4.16. The third-order valence-corrected chi connectivity index (χ3v) is 4.47. The Bertz CT molecular complexity index is 671. The van der Waals surface area contributed by atoms with Crippen LogP contribution in [-0.2, 0) is 10.0 Å². The van der Waals surface area contributed by atoms with Crippen LogP contribution >= 0.6 is 0 Å². The Morgan fingerprint density at radius 2 is 1.94 bits per heavy atom. The quantitative estimate of drug-likeness (QED) is 0.808. The summed E-state index contributed by atoms with van der Waals surface area (Å²) in [6.45, 7) is 3.67. The molecular formula is C11H15N3O2S. The molecule has 2 rings (SSSR count). The topological polar surface area (TPSA) is 54.7 Å². The van der Waals surface area contributed by atoms with Crippen LogP contribution in [0.5, 0.6) is 0 Å². The Morgan fingerprint density at radius 1 is 1.29 bits per heavy atom. The van der Waals surface area contributed by atoms with E-state index in [4.69, 9.17) is 0 Å². The molecule has 0 aromatic carbocycles. The molecule has 92 valence electrons. The van der Waals surface area contributed by atoms with E-state index in [2.05, 4.69) is 4.98 Å². The molecule has 0 amide bonds. The number of aryl methyl sites for hydroxylation is 2. The summed E-state index contributed by atoms with van der Waals surface area (Å²) in [5.74, 6) is 0.670. The summed E-state index contributed by atoms with van der Waals surface area (Å²) in [5.41, 5.74) is 1.55. The van der Waals surface area contributed by atoms with E-state index in [-0.39, 0.29) is 5.03 Å². The Morgan fingerprint density at radius 3 is 2.53 bits per heavy atom. The average Bonchev–Trinajstić information content (AvgIpc) is 2.58. The minimum Gasteiger partial charge on any atom is -0.302 e. The van der Waals surface area contributed by atoms with E-state index in [0.717, 1.165) is 5.56 Å². The Balaban J connectivity index is 2.90. The van der Waals surface area contributed by atoms with Gasteiger partial charge >= 0.3 is 0 Å². The molecule has 0 unspecified atom stereocenters. The molecule has 2 aromatic rings. The lowest BCUT2D eigenvalue weighted by atomic mass is 10.3. The van der Waals surface area contributed by atoms with Crippen molar-refractivity contribution in [3.05, 3.63) is 29.7 Å². The maximum absolute atomic E-state index is 12.2. The fourth-order valence-electron chi connectivity index (χ4n) is 1.76. The zero-order chi connectivity index (χ0) is 12.8. The first kappa shape index (κ1) is 12.1. The predicted molar refractivity (Wildman–Crippen MR) is 65.5 cm³/mol. The van der Waals surface area contributed by atoms with Gasteiger partial charge in [0, 0.05) is 20.3 Å². The normalized spacial score (nSPS) is 12.5. The maximum Gasteiger partial charge on any atom is 0.262 e. The fourth-order valence-corrected chi connectivity index (χ4v) is 2.86. The van der Waals surface area contributed by atoms with Crippen molar-refractivity contribution in [1.82, 2.24) is 13.7 Å². The van der Waals surface area contributed by atoms with Crippen LogP contribution in [0.4, 0.5) is 0 Å². The number of fused-ring (bicyclic) bond motifs is 1. The summed E-state index contributed by atoms with van der Waals surface area (Å²) < 4.78 is 27.3. The van der Waals surface area contributed by atoms with Crippen molar-refractivity contribution in [3.63, 3.8) is 0 Å². The first-order chi connectivity index (χ1) is 7.85. The predicted octanol–water partition coefficient (Wildman–Crippen LogP) is 1.20. The van der Waals surface area contributed by atoms with Crippen LogP contribution in [0.1, 0.15) is 11.4 Å². The van der Waals surface area contributed by atoms with Gasteiger partial charge in [-0.1, -0.05) is 6.07 Å². The first-order valence-electron chi connectivity index (χ1n) is 5.22. The second kappa shape index (κ2) is 3.82. The molecule has 0 aliphatic heterocycles. The summed E-state index contributed by atoms with van der Waals surface area (Å²) in [6, 6.07) is 3.76. The van der Waals surface area contributed by atoms with Gasteiger partial charge in [-0.3, -0.25) is 0 Å². The van der Waals surface area contributed by atoms with Gasteiger partial charge in [0.25, 0.3) is 10.0 Å². The lowest BCUT2D eigenvalue weighted by Crippen LogP contribution is -2.23. The van der Waals surface area contributed by atoms with E-state index in [1.165, 1.54) is 18.4 Å². The van der Waals surface area contributed by atoms with Crippen LogP contribution in [0.25, 0.3) is 5.52 Å². The van der Waals surface area contributed by atoms with Crippen molar-refractivity contribution < 1.29 is 8.42 Å². The molecule has 0 N–H and O–H groups in total. The lowest BCUT2D eigenvalue weighted by molar-refractivity contribution is 0.518. The van der Waals surface area contributed by atoms with Crippen molar-refractivity contribution in [2.24, 2.45) is 0 Å². The highest BCUT2D eigenvalue weighted by atomic mass is 32.2. The monoisotopic (exact) mass is 253 g/mol. The zero-order valence-corrected chi connectivity index (χ0v) is 11.1. The van der Waals surface area contributed by atoms with E-state index in [0.29, 0.717) is 11.3 Å². The van der Waals surface area contributed by atoms with Gasteiger partial charge in [-0.2, -0.15) is 0 Å².